The van der Waals surface area contributed by atoms with Gasteiger partial charge in [-0.3, -0.25) is 4.99 Å². The highest BCUT2D eigenvalue weighted by molar-refractivity contribution is 5.84. The molecule has 0 amide bonds. The fraction of sp³-hybridized carbons (Fsp3) is 0.952. The molecule has 0 aromatic carbocycles. The van der Waals surface area contributed by atoms with Crippen molar-refractivity contribution in [2.45, 2.75) is 116 Å². The van der Waals surface area contributed by atoms with Crippen molar-refractivity contribution in [3.05, 3.63) is 0 Å². The summed E-state index contributed by atoms with van der Waals surface area (Å²) >= 11 is 0. The number of rotatable bonds is 15. The Hall–Kier alpha value is -0.570. The van der Waals surface area contributed by atoms with Crippen molar-refractivity contribution in [3.8, 4) is 0 Å². The van der Waals surface area contributed by atoms with Gasteiger partial charge in [0, 0.05) is 13.0 Å². The van der Waals surface area contributed by atoms with E-state index in [1.54, 1.807) is 0 Å². The summed E-state index contributed by atoms with van der Waals surface area (Å²) in [6, 6.07) is 0.263. The molecule has 2 unspecified atom stereocenters. The molecule has 0 bridgehead atoms. The van der Waals surface area contributed by atoms with E-state index in [1.165, 1.54) is 70.0 Å². The molecule has 1 aliphatic rings. The fourth-order valence-electron chi connectivity index (χ4n) is 3.81. The van der Waals surface area contributed by atoms with Crippen LogP contribution in [0.4, 0.5) is 0 Å². The highest BCUT2D eigenvalue weighted by Crippen LogP contribution is 2.19. The van der Waals surface area contributed by atoms with Gasteiger partial charge < -0.3 is 10.0 Å². The van der Waals surface area contributed by atoms with Crippen LogP contribution >= 0.6 is 0 Å². The van der Waals surface area contributed by atoms with Crippen LogP contribution in [-0.2, 0) is 0 Å². The molecule has 0 saturated heterocycles. The van der Waals surface area contributed by atoms with Crippen molar-refractivity contribution in [2.24, 2.45) is 4.99 Å². The first kappa shape index (κ1) is 21.5. The Morgan fingerprint density at radius 3 is 2.04 bits per heavy atom. The molecule has 24 heavy (non-hydrogen) atoms. The molecule has 0 fully saturated rings. The number of hydrogen-bond donors (Lipinski definition) is 1. The summed E-state index contributed by atoms with van der Waals surface area (Å²) in [5, 5.41) is 10.1. The number of aliphatic imine (C=N–C) groups is 1. The zero-order valence-electron chi connectivity index (χ0n) is 16.6. The summed E-state index contributed by atoms with van der Waals surface area (Å²) in [5.41, 5.74) is 0. The third-order valence-corrected chi connectivity index (χ3v) is 5.26. The minimum Gasteiger partial charge on any atom is -0.391 e. The molecule has 1 N–H and O–H groups in total. The average Bonchev–Trinajstić information content (AvgIpc) is 3.02. The molecule has 142 valence electrons. The summed E-state index contributed by atoms with van der Waals surface area (Å²) in [6.45, 7) is 8.32. The summed E-state index contributed by atoms with van der Waals surface area (Å²) in [4.78, 5) is 7.10. The first-order chi connectivity index (χ1) is 11.7. The molecule has 0 saturated carbocycles. The van der Waals surface area contributed by atoms with E-state index in [0.29, 0.717) is 0 Å². The van der Waals surface area contributed by atoms with Gasteiger partial charge in [0.15, 0.2) is 0 Å². The van der Waals surface area contributed by atoms with Crippen LogP contribution in [0.3, 0.4) is 0 Å². The Balaban J connectivity index is 2.11. The van der Waals surface area contributed by atoms with E-state index in [-0.39, 0.29) is 12.1 Å². The van der Waals surface area contributed by atoms with Crippen molar-refractivity contribution in [3.63, 3.8) is 0 Å². The Kier molecular flexibility index (Phi) is 12.2. The molecule has 1 rings (SSSR count). The van der Waals surface area contributed by atoms with Crippen molar-refractivity contribution in [2.75, 3.05) is 13.1 Å². The predicted molar refractivity (Wildman–Crippen MR) is 106 cm³/mol. The van der Waals surface area contributed by atoms with Gasteiger partial charge in [-0.25, -0.2) is 0 Å². The molecule has 0 aliphatic carbocycles. The Morgan fingerprint density at radius 1 is 0.917 bits per heavy atom. The van der Waals surface area contributed by atoms with Crippen molar-refractivity contribution in [1.82, 2.24) is 4.90 Å². The molecule has 2 atom stereocenters. The Labute approximate surface area is 150 Å². The molecule has 1 aliphatic heterocycles. The third kappa shape index (κ3) is 8.50. The molecule has 0 aromatic rings. The van der Waals surface area contributed by atoms with Crippen LogP contribution in [0.5, 0.6) is 0 Å². The summed E-state index contributed by atoms with van der Waals surface area (Å²) in [7, 11) is 0. The molecule has 3 heteroatoms. The molecule has 0 radical (unpaired) electrons. The van der Waals surface area contributed by atoms with Gasteiger partial charge in [-0.2, -0.15) is 0 Å². The largest absolute Gasteiger partial charge is 0.391 e. The highest BCUT2D eigenvalue weighted by Gasteiger charge is 2.27. The van der Waals surface area contributed by atoms with Gasteiger partial charge in [0.05, 0.1) is 24.5 Å². The Morgan fingerprint density at radius 2 is 1.50 bits per heavy atom. The lowest BCUT2D eigenvalue weighted by Gasteiger charge is -2.32. The van der Waals surface area contributed by atoms with E-state index in [0.717, 1.165) is 32.4 Å². The van der Waals surface area contributed by atoms with Crippen LogP contribution in [0.1, 0.15) is 104 Å². The lowest BCUT2D eigenvalue weighted by Crippen LogP contribution is -2.44. The molecular formula is C21H42N2O. The van der Waals surface area contributed by atoms with E-state index in [2.05, 4.69) is 18.7 Å². The maximum absolute atomic E-state index is 10.1. The minimum absolute atomic E-state index is 0.263. The topological polar surface area (TPSA) is 35.8 Å². The normalized spacial score (nSPS) is 17.2. The second kappa shape index (κ2) is 13.7. The van der Waals surface area contributed by atoms with Gasteiger partial charge in [-0.1, -0.05) is 78.1 Å². The fourth-order valence-corrected chi connectivity index (χ4v) is 3.81. The lowest BCUT2D eigenvalue weighted by atomic mass is 10.0. The van der Waals surface area contributed by atoms with E-state index >= 15 is 0 Å². The number of nitrogens with zero attached hydrogens (tertiary/aromatic N) is 2. The van der Waals surface area contributed by atoms with Crippen molar-refractivity contribution in [1.29, 1.82) is 0 Å². The van der Waals surface area contributed by atoms with Crippen LogP contribution in [0.15, 0.2) is 4.99 Å². The van der Waals surface area contributed by atoms with Gasteiger partial charge in [0.1, 0.15) is 0 Å². The van der Waals surface area contributed by atoms with Crippen molar-refractivity contribution < 1.29 is 5.11 Å². The molecule has 0 aromatic heterocycles. The van der Waals surface area contributed by atoms with E-state index in [9.17, 15) is 5.11 Å². The summed E-state index contributed by atoms with van der Waals surface area (Å²) in [6.07, 6.45) is 16.8. The van der Waals surface area contributed by atoms with Gasteiger partial charge in [-0.05, 0) is 19.8 Å². The number of hydrogen-bond acceptors (Lipinski definition) is 3. The summed E-state index contributed by atoms with van der Waals surface area (Å²) < 4.78 is 0. The summed E-state index contributed by atoms with van der Waals surface area (Å²) in [5.74, 6) is 1.26. The SMILES string of the molecule is CCCCCCCCCCCCC1=NCCN1C(CCC)C(C)O. The first-order valence-corrected chi connectivity index (χ1v) is 10.7. The minimum atomic E-state index is -0.263. The second-order valence-electron chi connectivity index (χ2n) is 7.52. The number of amidine groups is 1. The zero-order chi connectivity index (χ0) is 17.6. The second-order valence-corrected chi connectivity index (χ2v) is 7.52. The van der Waals surface area contributed by atoms with Crippen LogP contribution in [0.25, 0.3) is 0 Å². The lowest BCUT2D eigenvalue weighted by molar-refractivity contribution is 0.0966. The Bertz CT molecular complexity index is 328. The van der Waals surface area contributed by atoms with Crippen LogP contribution < -0.4 is 0 Å². The van der Waals surface area contributed by atoms with Gasteiger partial charge in [0.25, 0.3) is 0 Å². The van der Waals surface area contributed by atoms with E-state index in [1.807, 2.05) is 6.92 Å². The maximum Gasteiger partial charge on any atom is 0.0993 e. The van der Waals surface area contributed by atoms with Gasteiger partial charge >= 0.3 is 0 Å². The van der Waals surface area contributed by atoms with E-state index < -0.39 is 0 Å². The molecule has 1 heterocycles. The van der Waals surface area contributed by atoms with Crippen LogP contribution in [0, 0.1) is 0 Å². The molecule has 0 spiro atoms. The van der Waals surface area contributed by atoms with Gasteiger partial charge in [-0.15, -0.1) is 0 Å². The predicted octanol–water partition coefficient (Wildman–Crippen LogP) is 5.56. The zero-order valence-corrected chi connectivity index (χ0v) is 16.6. The highest BCUT2D eigenvalue weighted by atomic mass is 16.3. The molecular weight excluding hydrogens is 296 g/mol. The standard InChI is InChI=1S/C21H42N2O/c1-4-6-7-8-9-10-11-12-13-14-16-21-22-17-18-23(21)20(15-5-2)19(3)24/h19-20,24H,4-18H2,1-3H3. The van der Waals surface area contributed by atoms with Crippen LogP contribution in [-0.4, -0.2) is 41.1 Å². The van der Waals surface area contributed by atoms with Crippen molar-refractivity contribution >= 4 is 5.84 Å². The van der Waals surface area contributed by atoms with Gasteiger partial charge in [0.2, 0.25) is 0 Å². The molecule has 3 nitrogen and oxygen atoms in total. The number of aliphatic hydroxyl groups is 1. The maximum atomic E-state index is 10.1. The third-order valence-electron chi connectivity index (χ3n) is 5.26. The van der Waals surface area contributed by atoms with E-state index in [4.69, 9.17) is 4.99 Å². The quantitative estimate of drug-likeness (QED) is 0.397. The van der Waals surface area contributed by atoms with Crippen LogP contribution in [0.2, 0.25) is 0 Å². The number of aliphatic hydroxyl groups excluding tert-OH is 1. The average molecular weight is 339 g/mol. The first-order valence-electron chi connectivity index (χ1n) is 10.7. The number of unbranched alkanes of at least 4 members (excludes halogenated alkanes) is 9. The monoisotopic (exact) mass is 338 g/mol. The smallest absolute Gasteiger partial charge is 0.0993 e.